The second-order valence-electron chi connectivity index (χ2n) is 13.3. The number of amidine groups is 2. The normalized spacial score (nSPS) is 12.1. The van der Waals surface area contributed by atoms with E-state index in [0.717, 1.165) is 60.9 Å². The summed E-state index contributed by atoms with van der Waals surface area (Å²) in [4.78, 5) is 14.8. The molecule has 9 aromatic rings. The van der Waals surface area contributed by atoms with Crippen molar-refractivity contribution in [1.82, 2.24) is 0 Å². The van der Waals surface area contributed by atoms with Crippen LogP contribution in [0.5, 0.6) is 0 Å². The van der Waals surface area contributed by atoms with Crippen LogP contribution in [0.1, 0.15) is 16.7 Å². The van der Waals surface area contributed by atoms with Crippen LogP contribution in [0.25, 0.3) is 66.1 Å². The molecule has 4 heteroatoms. The minimum absolute atomic E-state index is 0.457. The number of aliphatic imine (C=N–C) groups is 3. The molecule has 0 aliphatic carbocycles. The maximum Gasteiger partial charge on any atom is 0.161 e. The molecule has 0 atom stereocenters. The number of fused-ring (bicyclic) bond motifs is 4. The highest BCUT2D eigenvalue weighted by atomic mass is 16.3. The Balaban J connectivity index is 1.15. The molecule has 1 heterocycles. The van der Waals surface area contributed by atoms with Gasteiger partial charge in [0.25, 0.3) is 0 Å². The third kappa shape index (κ3) is 6.53. The van der Waals surface area contributed by atoms with Gasteiger partial charge in [-0.2, -0.15) is 0 Å². The van der Waals surface area contributed by atoms with Gasteiger partial charge in [-0.1, -0.05) is 158 Å². The van der Waals surface area contributed by atoms with Crippen molar-refractivity contribution in [2.45, 2.75) is 6.54 Å². The molecule has 0 N–H and O–H groups in total. The minimum atomic E-state index is 0.457. The van der Waals surface area contributed by atoms with Crippen LogP contribution in [0.4, 0.5) is 0 Å². The van der Waals surface area contributed by atoms with Crippen molar-refractivity contribution in [2.24, 2.45) is 15.0 Å². The molecule has 0 saturated heterocycles. The molecular weight excluding hydrogens is 659 g/mol. The van der Waals surface area contributed by atoms with E-state index in [4.69, 9.17) is 14.4 Å². The first-order valence-corrected chi connectivity index (χ1v) is 18.1. The fraction of sp³-hybridized carbons (Fsp3) is 0.0200. The van der Waals surface area contributed by atoms with Crippen molar-refractivity contribution < 1.29 is 4.42 Å². The highest BCUT2D eigenvalue weighted by Gasteiger charge is 2.17. The van der Waals surface area contributed by atoms with E-state index in [1.807, 2.05) is 36.4 Å². The predicted molar refractivity (Wildman–Crippen MR) is 227 cm³/mol. The molecular formula is C50H35N3O. The molecule has 0 aliphatic heterocycles. The standard InChI is InChI=1S/C50H35N3O/c1-51-50(44-20-11-21-47-48(44)45-32-43(28-29-46(45)54-47)42-19-10-18-41(31-42)36-14-6-3-7-15-36)53-49(39-26-24-38(25-27-39)35-12-4-2-5-13-35)52-33-34-22-23-37-16-8-9-17-40(37)30-34/h2-32H,1,33H2/b52-49-,53-50-. The second kappa shape index (κ2) is 14.5. The van der Waals surface area contributed by atoms with Gasteiger partial charge in [0, 0.05) is 21.9 Å². The van der Waals surface area contributed by atoms with Crippen LogP contribution in [0.15, 0.2) is 207 Å². The van der Waals surface area contributed by atoms with E-state index in [9.17, 15) is 0 Å². The van der Waals surface area contributed by atoms with Gasteiger partial charge in [-0.3, -0.25) is 4.99 Å². The molecule has 1 aromatic heterocycles. The van der Waals surface area contributed by atoms with Crippen molar-refractivity contribution in [3.63, 3.8) is 0 Å². The average Bonchev–Trinajstić information content (AvgIpc) is 3.63. The van der Waals surface area contributed by atoms with Gasteiger partial charge >= 0.3 is 0 Å². The van der Waals surface area contributed by atoms with Gasteiger partial charge in [0.15, 0.2) is 11.7 Å². The maximum atomic E-state index is 6.41. The molecule has 8 aromatic carbocycles. The first-order chi connectivity index (χ1) is 26.7. The Hall–Kier alpha value is -7.17. The number of hydrogen-bond donors (Lipinski definition) is 0. The second-order valence-corrected chi connectivity index (χ2v) is 13.3. The monoisotopic (exact) mass is 693 g/mol. The van der Waals surface area contributed by atoms with Gasteiger partial charge in [-0.05, 0) is 86.8 Å². The lowest BCUT2D eigenvalue weighted by molar-refractivity contribution is 0.669. The summed E-state index contributed by atoms with van der Waals surface area (Å²) in [5.41, 5.74) is 11.2. The third-order valence-corrected chi connectivity index (χ3v) is 9.88. The van der Waals surface area contributed by atoms with E-state index < -0.39 is 0 Å². The smallest absolute Gasteiger partial charge is 0.161 e. The molecule has 0 radical (unpaired) electrons. The Kier molecular flexibility index (Phi) is 8.76. The summed E-state index contributed by atoms with van der Waals surface area (Å²) in [5.74, 6) is 1.05. The van der Waals surface area contributed by atoms with Crippen LogP contribution in [0.2, 0.25) is 0 Å². The van der Waals surface area contributed by atoms with E-state index in [1.54, 1.807) is 0 Å². The predicted octanol–water partition coefficient (Wildman–Crippen LogP) is 12.8. The summed E-state index contributed by atoms with van der Waals surface area (Å²) in [6.07, 6.45) is 0. The first kappa shape index (κ1) is 32.7. The van der Waals surface area contributed by atoms with Gasteiger partial charge in [0.05, 0.1) is 6.54 Å². The quantitative estimate of drug-likeness (QED) is 0.121. The van der Waals surface area contributed by atoms with Crippen LogP contribution in [-0.4, -0.2) is 18.4 Å². The number of rotatable bonds is 7. The Morgan fingerprint density at radius 1 is 0.463 bits per heavy atom. The molecule has 0 saturated carbocycles. The van der Waals surface area contributed by atoms with Crippen molar-refractivity contribution in [1.29, 1.82) is 0 Å². The molecule has 256 valence electrons. The van der Waals surface area contributed by atoms with Crippen molar-refractivity contribution in [3.05, 3.63) is 205 Å². The summed E-state index contributed by atoms with van der Waals surface area (Å²) in [7, 11) is 0. The van der Waals surface area contributed by atoms with E-state index in [0.29, 0.717) is 18.2 Å². The lowest BCUT2D eigenvalue weighted by Crippen LogP contribution is -2.06. The SMILES string of the molecule is C=N/C(=N\C(=N/Cc1ccc2ccccc2c1)c1ccc(-c2ccccc2)cc1)c1cccc2oc3ccc(-c4cccc(-c5ccccc5)c4)cc3c12. The fourth-order valence-electron chi connectivity index (χ4n) is 7.12. The highest BCUT2D eigenvalue weighted by molar-refractivity contribution is 6.22. The maximum absolute atomic E-state index is 6.41. The molecule has 0 fully saturated rings. The van der Waals surface area contributed by atoms with Crippen LogP contribution in [0.3, 0.4) is 0 Å². The van der Waals surface area contributed by atoms with E-state index in [1.165, 1.54) is 21.9 Å². The Bertz CT molecular complexity index is 2850. The Morgan fingerprint density at radius 2 is 1.07 bits per heavy atom. The van der Waals surface area contributed by atoms with Crippen LogP contribution >= 0.6 is 0 Å². The summed E-state index contributed by atoms with van der Waals surface area (Å²) < 4.78 is 6.41. The van der Waals surface area contributed by atoms with Crippen LogP contribution in [-0.2, 0) is 6.54 Å². The van der Waals surface area contributed by atoms with E-state index >= 15 is 0 Å². The summed E-state index contributed by atoms with van der Waals surface area (Å²) in [6, 6.07) is 65.1. The highest BCUT2D eigenvalue weighted by Crippen LogP contribution is 2.36. The fourth-order valence-corrected chi connectivity index (χ4v) is 7.12. The van der Waals surface area contributed by atoms with Gasteiger partial charge in [-0.15, -0.1) is 0 Å². The number of nitrogens with zero attached hydrogens (tertiary/aromatic N) is 3. The van der Waals surface area contributed by atoms with Crippen molar-refractivity contribution in [2.75, 3.05) is 0 Å². The zero-order valence-electron chi connectivity index (χ0n) is 29.6. The summed E-state index contributed by atoms with van der Waals surface area (Å²) in [5, 5.41) is 4.31. The largest absolute Gasteiger partial charge is 0.456 e. The first-order valence-electron chi connectivity index (χ1n) is 18.1. The lowest BCUT2D eigenvalue weighted by Gasteiger charge is -2.09. The van der Waals surface area contributed by atoms with E-state index in [2.05, 4.69) is 163 Å². The molecule has 4 nitrogen and oxygen atoms in total. The number of hydrogen-bond acceptors (Lipinski definition) is 2. The lowest BCUT2D eigenvalue weighted by atomic mass is 9.97. The molecule has 0 amide bonds. The minimum Gasteiger partial charge on any atom is -0.456 e. The topological polar surface area (TPSA) is 50.2 Å². The van der Waals surface area contributed by atoms with Gasteiger partial charge < -0.3 is 4.42 Å². The Labute approximate surface area is 314 Å². The molecule has 9 rings (SSSR count). The Morgan fingerprint density at radius 3 is 1.83 bits per heavy atom. The number of benzene rings is 8. The molecule has 0 unspecified atom stereocenters. The summed E-state index contributed by atoms with van der Waals surface area (Å²) >= 11 is 0. The summed E-state index contributed by atoms with van der Waals surface area (Å²) in [6.45, 7) is 4.46. The zero-order chi connectivity index (χ0) is 36.3. The van der Waals surface area contributed by atoms with Crippen molar-refractivity contribution >= 4 is 51.1 Å². The van der Waals surface area contributed by atoms with Crippen LogP contribution in [0, 0.1) is 0 Å². The van der Waals surface area contributed by atoms with Crippen LogP contribution < -0.4 is 0 Å². The molecule has 0 spiro atoms. The zero-order valence-corrected chi connectivity index (χ0v) is 29.6. The average molecular weight is 694 g/mol. The van der Waals surface area contributed by atoms with Gasteiger partial charge in [0.1, 0.15) is 11.2 Å². The molecule has 0 aliphatic rings. The third-order valence-electron chi connectivity index (χ3n) is 9.88. The molecule has 0 bridgehead atoms. The van der Waals surface area contributed by atoms with E-state index in [-0.39, 0.29) is 0 Å². The van der Waals surface area contributed by atoms with Gasteiger partial charge in [0.2, 0.25) is 0 Å². The number of furan rings is 1. The van der Waals surface area contributed by atoms with Crippen molar-refractivity contribution in [3.8, 4) is 33.4 Å². The molecule has 54 heavy (non-hydrogen) atoms. The van der Waals surface area contributed by atoms with Gasteiger partial charge in [-0.25, -0.2) is 9.98 Å².